The maximum atomic E-state index is 12.6. The van der Waals surface area contributed by atoms with Crippen molar-refractivity contribution in [3.8, 4) is 0 Å². The van der Waals surface area contributed by atoms with E-state index in [4.69, 9.17) is 18.5 Å². The van der Waals surface area contributed by atoms with Crippen molar-refractivity contribution in [2.24, 2.45) is 0 Å². The predicted molar refractivity (Wildman–Crippen MR) is 192 cm³/mol. The minimum absolute atomic E-state index is 0.0934. The van der Waals surface area contributed by atoms with Crippen LogP contribution in [0.2, 0.25) is 0 Å². The molecule has 0 aromatic heterocycles. The number of carbonyl (C=O) groups excluding carboxylic acids is 1. The molecule has 0 saturated carbocycles. The largest absolute Gasteiger partial charge is 0.472 e. The van der Waals surface area contributed by atoms with Crippen molar-refractivity contribution in [1.82, 2.24) is 0 Å². The minimum Gasteiger partial charge on any atom is -0.457 e. The molecule has 0 radical (unpaired) electrons. The zero-order valence-corrected chi connectivity index (χ0v) is 32.0. The van der Waals surface area contributed by atoms with E-state index in [0.717, 1.165) is 32.1 Å². The summed E-state index contributed by atoms with van der Waals surface area (Å²) in [5.41, 5.74) is 0. The van der Waals surface area contributed by atoms with E-state index in [2.05, 4.69) is 13.8 Å². The van der Waals surface area contributed by atoms with E-state index >= 15 is 0 Å². The molecule has 1 N–H and O–H groups in total. The highest BCUT2D eigenvalue weighted by molar-refractivity contribution is 7.47. The second-order valence-corrected chi connectivity index (χ2v) is 15.8. The van der Waals surface area contributed by atoms with Crippen LogP contribution >= 0.6 is 7.82 Å². The summed E-state index contributed by atoms with van der Waals surface area (Å²) in [7, 11) is 1.68. The number of hydrogen-bond donors (Lipinski definition) is 1. The SMILES string of the molecule is CCCCCCCCCCCCCCCCC(=O)OC(COCCCCCCCCCCCC)COP(=O)(O)OCC[N+](C)(C)C. The second kappa shape index (κ2) is 31.7. The first-order chi connectivity index (χ1) is 22.1. The minimum atomic E-state index is -4.26. The zero-order valence-electron chi connectivity index (χ0n) is 31.1. The molecule has 0 spiro atoms. The van der Waals surface area contributed by atoms with E-state index in [1.54, 1.807) is 0 Å². The molecule has 0 amide bonds. The molecular weight excluding hydrogens is 601 g/mol. The molecule has 0 saturated heterocycles. The summed E-state index contributed by atoms with van der Waals surface area (Å²) in [6, 6.07) is 0. The van der Waals surface area contributed by atoms with E-state index in [1.807, 2.05) is 21.1 Å². The fourth-order valence-corrected chi connectivity index (χ4v) is 6.12. The summed E-state index contributed by atoms with van der Waals surface area (Å²) in [6.07, 6.45) is 29.8. The molecule has 0 fully saturated rings. The van der Waals surface area contributed by atoms with Crippen molar-refractivity contribution in [3.63, 3.8) is 0 Å². The van der Waals surface area contributed by atoms with Gasteiger partial charge in [-0.3, -0.25) is 13.8 Å². The molecule has 2 unspecified atom stereocenters. The van der Waals surface area contributed by atoms with Gasteiger partial charge in [-0.2, -0.15) is 0 Å². The third kappa shape index (κ3) is 34.8. The molecule has 0 bridgehead atoms. The highest BCUT2D eigenvalue weighted by Crippen LogP contribution is 2.43. The van der Waals surface area contributed by atoms with Gasteiger partial charge in [0, 0.05) is 13.0 Å². The van der Waals surface area contributed by atoms with Crippen molar-refractivity contribution in [3.05, 3.63) is 0 Å². The molecule has 8 nitrogen and oxygen atoms in total. The lowest BCUT2D eigenvalue weighted by Crippen LogP contribution is -2.37. The van der Waals surface area contributed by atoms with Crippen LogP contribution in [0.5, 0.6) is 0 Å². The average Bonchev–Trinajstić information content (AvgIpc) is 2.99. The Balaban J connectivity index is 4.25. The Morgan fingerprint density at radius 1 is 0.587 bits per heavy atom. The van der Waals surface area contributed by atoms with Gasteiger partial charge >= 0.3 is 13.8 Å². The van der Waals surface area contributed by atoms with Crippen molar-refractivity contribution in [2.75, 3.05) is 54.1 Å². The highest BCUT2D eigenvalue weighted by Gasteiger charge is 2.26. The third-order valence-corrected chi connectivity index (χ3v) is 9.40. The smallest absolute Gasteiger partial charge is 0.457 e. The molecule has 9 heteroatoms. The Labute approximate surface area is 285 Å². The molecule has 0 aromatic rings. The summed E-state index contributed by atoms with van der Waals surface area (Å²) in [5.74, 6) is -0.311. The van der Waals surface area contributed by atoms with Crippen LogP contribution in [0.15, 0.2) is 0 Å². The predicted octanol–water partition coefficient (Wildman–Crippen LogP) is 10.5. The topological polar surface area (TPSA) is 91.3 Å². The van der Waals surface area contributed by atoms with Gasteiger partial charge in [0.25, 0.3) is 0 Å². The Morgan fingerprint density at radius 2 is 1.00 bits per heavy atom. The fraction of sp³-hybridized carbons (Fsp3) is 0.973. The number of hydrogen-bond acceptors (Lipinski definition) is 6. The number of unbranched alkanes of at least 4 members (excludes halogenated alkanes) is 22. The van der Waals surface area contributed by atoms with Crippen molar-refractivity contribution < 1.29 is 37.3 Å². The number of phosphoric ester groups is 1. The summed E-state index contributed by atoms with van der Waals surface area (Å²) in [4.78, 5) is 22.7. The second-order valence-electron chi connectivity index (χ2n) is 14.3. The number of esters is 1. The van der Waals surface area contributed by atoms with E-state index in [0.29, 0.717) is 24.1 Å². The standard InChI is InChI=1S/C37H76NO7P/c1-6-8-10-12-14-16-18-19-20-21-22-24-26-28-30-37(39)45-36(35-44-46(40,41)43-33-31-38(3,4)5)34-42-32-29-27-25-23-17-15-13-11-9-7-2/h36H,6-35H2,1-5H3/p+1. The van der Waals surface area contributed by atoms with Gasteiger partial charge < -0.3 is 18.9 Å². The number of phosphoric acid groups is 1. The van der Waals surface area contributed by atoms with Crippen LogP contribution in [0.4, 0.5) is 0 Å². The highest BCUT2D eigenvalue weighted by atomic mass is 31.2. The summed E-state index contributed by atoms with van der Waals surface area (Å²) >= 11 is 0. The molecule has 0 aliphatic carbocycles. The molecule has 2 atom stereocenters. The van der Waals surface area contributed by atoms with Gasteiger partial charge in [-0.15, -0.1) is 0 Å². The van der Waals surface area contributed by atoms with E-state index in [9.17, 15) is 14.3 Å². The van der Waals surface area contributed by atoms with Crippen LogP contribution in [0.3, 0.4) is 0 Å². The first-order valence-corrected chi connectivity index (χ1v) is 20.8. The molecule has 0 aliphatic heterocycles. The fourth-order valence-electron chi connectivity index (χ4n) is 5.38. The van der Waals surface area contributed by atoms with E-state index in [-0.39, 0.29) is 25.8 Å². The quantitative estimate of drug-likeness (QED) is 0.0305. The lowest BCUT2D eigenvalue weighted by atomic mass is 10.0. The van der Waals surface area contributed by atoms with E-state index in [1.165, 1.54) is 122 Å². The van der Waals surface area contributed by atoms with Crippen molar-refractivity contribution in [2.45, 2.75) is 180 Å². The van der Waals surface area contributed by atoms with Crippen LogP contribution in [0.1, 0.15) is 174 Å². The van der Waals surface area contributed by atoms with Gasteiger partial charge in [0.1, 0.15) is 19.3 Å². The number of nitrogens with zero attached hydrogens (tertiary/aromatic N) is 1. The lowest BCUT2D eigenvalue weighted by Gasteiger charge is -2.24. The molecular formula is C37H77NO7P+. The molecule has 0 heterocycles. The zero-order chi connectivity index (χ0) is 34.2. The van der Waals surface area contributed by atoms with E-state index < -0.39 is 13.9 Å². The Kier molecular flexibility index (Phi) is 31.4. The first-order valence-electron chi connectivity index (χ1n) is 19.3. The van der Waals surface area contributed by atoms with Gasteiger partial charge in [0.05, 0.1) is 34.4 Å². The third-order valence-electron chi connectivity index (χ3n) is 8.42. The first kappa shape index (κ1) is 45.5. The molecule has 0 aromatic carbocycles. The van der Waals surface area contributed by atoms with Gasteiger partial charge in [-0.25, -0.2) is 4.57 Å². The van der Waals surface area contributed by atoms with Gasteiger partial charge in [0.15, 0.2) is 0 Å². The summed E-state index contributed by atoms with van der Waals surface area (Å²) in [6.45, 7) is 5.64. The van der Waals surface area contributed by atoms with Crippen LogP contribution in [-0.2, 0) is 27.9 Å². The Morgan fingerprint density at radius 3 is 1.43 bits per heavy atom. The number of rotatable bonds is 36. The summed E-state index contributed by atoms with van der Waals surface area (Å²) < 4.78 is 34.8. The normalized spacial score (nSPS) is 14.0. The van der Waals surface area contributed by atoms with Crippen LogP contribution in [0.25, 0.3) is 0 Å². The van der Waals surface area contributed by atoms with Crippen LogP contribution in [-0.4, -0.2) is 75.6 Å². The number of likely N-dealkylation sites (N-methyl/N-ethyl adjacent to an activating group) is 1. The average molecular weight is 679 g/mol. The van der Waals surface area contributed by atoms with Gasteiger partial charge in [-0.1, -0.05) is 155 Å². The molecule has 0 aliphatic rings. The van der Waals surface area contributed by atoms with Crippen molar-refractivity contribution >= 4 is 13.8 Å². The van der Waals surface area contributed by atoms with Crippen LogP contribution < -0.4 is 0 Å². The lowest BCUT2D eigenvalue weighted by molar-refractivity contribution is -0.870. The van der Waals surface area contributed by atoms with Gasteiger partial charge in [0.2, 0.25) is 0 Å². The molecule has 46 heavy (non-hydrogen) atoms. The number of quaternary nitrogens is 1. The maximum Gasteiger partial charge on any atom is 0.472 e. The summed E-state index contributed by atoms with van der Waals surface area (Å²) in [5, 5.41) is 0. The van der Waals surface area contributed by atoms with Crippen molar-refractivity contribution in [1.29, 1.82) is 0 Å². The maximum absolute atomic E-state index is 12.6. The Hall–Kier alpha value is -0.500. The molecule has 276 valence electrons. The van der Waals surface area contributed by atoms with Crippen LogP contribution in [0, 0.1) is 0 Å². The van der Waals surface area contributed by atoms with Gasteiger partial charge in [-0.05, 0) is 12.8 Å². The number of ether oxygens (including phenoxy) is 2. The Bertz CT molecular complexity index is 716. The monoisotopic (exact) mass is 679 g/mol. The number of carbonyl (C=O) groups is 1. The molecule has 0 rings (SSSR count).